The lowest BCUT2D eigenvalue weighted by Crippen LogP contribution is -2.31. The summed E-state index contributed by atoms with van der Waals surface area (Å²) in [7, 11) is 0. The van der Waals surface area contributed by atoms with Crippen LogP contribution in [0.25, 0.3) is 0 Å². The first-order valence-corrected chi connectivity index (χ1v) is 6.75. The molecule has 1 aromatic heterocycles. The van der Waals surface area contributed by atoms with Gasteiger partial charge in [0.05, 0.1) is 6.26 Å². The summed E-state index contributed by atoms with van der Waals surface area (Å²) in [4.78, 5) is 11.7. The number of benzene rings is 1. The van der Waals surface area contributed by atoms with Gasteiger partial charge in [0, 0.05) is 12.6 Å². The topological polar surface area (TPSA) is 68.3 Å². The molecule has 2 aromatic rings. The van der Waals surface area contributed by atoms with Crippen LogP contribution in [0.2, 0.25) is 0 Å². The molecule has 5 heteroatoms. The molecule has 21 heavy (non-hydrogen) atoms. The molecule has 1 unspecified atom stereocenters. The summed E-state index contributed by atoms with van der Waals surface area (Å²) in [5, 5.41) is 2.76. The highest BCUT2D eigenvalue weighted by atomic mass is 35.5. The Hall–Kier alpha value is -1.78. The van der Waals surface area contributed by atoms with Crippen LogP contribution in [0.5, 0.6) is 0 Å². The maximum atomic E-state index is 11.7. The van der Waals surface area contributed by atoms with E-state index in [2.05, 4.69) is 31.3 Å². The molecule has 0 aliphatic heterocycles. The molecule has 0 bridgehead atoms. The minimum absolute atomic E-state index is 0. The summed E-state index contributed by atoms with van der Waals surface area (Å²) in [6.45, 7) is 4.68. The minimum Gasteiger partial charge on any atom is -0.459 e. The number of rotatable bonds is 5. The van der Waals surface area contributed by atoms with Crippen LogP contribution in [-0.4, -0.2) is 12.5 Å². The standard InChI is InChI=1S/C16H20N2O2.ClH/c1-11(2)12-5-7-13(8-6-12)14(17)10-18-16(19)15-4-3-9-20-15;/h3-9,11,14H,10,17H2,1-2H3,(H,18,19);1H. The van der Waals surface area contributed by atoms with Gasteiger partial charge in [-0.1, -0.05) is 38.1 Å². The Bertz CT molecular complexity index is 550. The zero-order valence-corrected chi connectivity index (χ0v) is 13.0. The average Bonchev–Trinajstić information content (AvgIpc) is 2.98. The Morgan fingerprint density at radius 1 is 1.19 bits per heavy atom. The molecule has 0 spiro atoms. The third-order valence-corrected chi connectivity index (χ3v) is 3.26. The van der Waals surface area contributed by atoms with Gasteiger partial charge in [0.15, 0.2) is 5.76 Å². The van der Waals surface area contributed by atoms with E-state index in [0.29, 0.717) is 18.2 Å². The van der Waals surface area contributed by atoms with Gasteiger partial charge in [-0.3, -0.25) is 4.79 Å². The van der Waals surface area contributed by atoms with Crippen LogP contribution in [0.4, 0.5) is 0 Å². The molecule has 0 aliphatic rings. The molecule has 1 heterocycles. The van der Waals surface area contributed by atoms with E-state index < -0.39 is 0 Å². The van der Waals surface area contributed by atoms with E-state index in [-0.39, 0.29) is 24.4 Å². The predicted octanol–water partition coefficient (Wildman–Crippen LogP) is 3.25. The number of amides is 1. The van der Waals surface area contributed by atoms with Crippen LogP contribution in [-0.2, 0) is 0 Å². The Labute approximate surface area is 131 Å². The van der Waals surface area contributed by atoms with Crippen LogP contribution < -0.4 is 11.1 Å². The zero-order chi connectivity index (χ0) is 14.5. The van der Waals surface area contributed by atoms with Gasteiger partial charge in [0.1, 0.15) is 0 Å². The van der Waals surface area contributed by atoms with E-state index in [1.807, 2.05) is 12.1 Å². The molecule has 3 N–H and O–H groups in total. The van der Waals surface area contributed by atoms with Crippen LogP contribution in [0.15, 0.2) is 47.1 Å². The summed E-state index contributed by atoms with van der Waals surface area (Å²) in [5.41, 5.74) is 8.36. The molecule has 1 aromatic carbocycles. The highest BCUT2D eigenvalue weighted by Crippen LogP contribution is 2.17. The smallest absolute Gasteiger partial charge is 0.287 e. The molecular formula is C16H21ClN2O2. The van der Waals surface area contributed by atoms with Crippen molar-refractivity contribution in [2.75, 3.05) is 6.54 Å². The number of carbonyl (C=O) groups excluding carboxylic acids is 1. The molecule has 0 radical (unpaired) electrons. The fourth-order valence-corrected chi connectivity index (χ4v) is 1.94. The maximum absolute atomic E-state index is 11.7. The van der Waals surface area contributed by atoms with Crippen molar-refractivity contribution in [3.05, 3.63) is 59.5 Å². The first-order chi connectivity index (χ1) is 9.58. The summed E-state index contributed by atoms with van der Waals surface area (Å²) in [6.07, 6.45) is 1.47. The third kappa shape index (κ3) is 4.62. The second-order valence-electron chi connectivity index (χ2n) is 5.12. The second-order valence-corrected chi connectivity index (χ2v) is 5.12. The normalized spacial score (nSPS) is 11.8. The molecule has 0 fully saturated rings. The van der Waals surface area contributed by atoms with Crippen molar-refractivity contribution >= 4 is 18.3 Å². The molecule has 1 amide bonds. The minimum atomic E-state index is -0.246. The van der Waals surface area contributed by atoms with Crippen molar-refractivity contribution in [1.29, 1.82) is 0 Å². The highest BCUT2D eigenvalue weighted by Gasteiger charge is 2.11. The van der Waals surface area contributed by atoms with Crippen molar-refractivity contribution in [2.45, 2.75) is 25.8 Å². The number of halogens is 1. The van der Waals surface area contributed by atoms with Gasteiger partial charge in [-0.05, 0) is 29.2 Å². The second kappa shape index (κ2) is 7.86. The van der Waals surface area contributed by atoms with E-state index >= 15 is 0 Å². The van der Waals surface area contributed by atoms with E-state index in [9.17, 15) is 4.79 Å². The number of nitrogens with one attached hydrogen (secondary N) is 1. The molecule has 2 rings (SSSR count). The van der Waals surface area contributed by atoms with Crippen molar-refractivity contribution in [2.24, 2.45) is 5.73 Å². The van der Waals surface area contributed by atoms with E-state index in [1.165, 1.54) is 11.8 Å². The third-order valence-electron chi connectivity index (χ3n) is 3.26. The lowest BCUT2D eigenvalue weighted by molar-refractivity contribution is 0.0923. The van der Waals surface area contributed by atoms with Gasteiger partial charge >= 0.3 is 0 Å². The van der Waals surface area contributed by atoms with E-state index in [1.54, 1.807) is 12.1 Å². The van der Waals surface area contributed by atoms with Crippen molar-refractivity contribution in [3.63, 3.8) is 0 Å². The van der Waals surface area contributed by atoms with Crippen LogP contribution in [0, 0.1) is 0 Å². The fourth-order valence-electron chi connectivity index (χ4n) is 1.94. The zero-order valence-electron chi connectivity index (χ0n) is 12.2. The molecule has 114 valence electrons. The Kier molecular flexibility index (Phi) is 6.46. The van der Waals surface area contributed by atoms with E-state index in [4.69, 9.17) is 10.2 Å². The van der Waals surface area contributed by atoms with Crippen LogP contribution in [0.1, 0.15) is 47.5 Å². The Balaban J connectivity index is 0.00000220. The van der Waals surface area contributed by atoms with Gasteiger partial charge in [-0.15, -0.1) is 12.4 Å². The first kappa shape index (κ1) is 17.3. The summed E-state index contributed by atoms with van der Waals surface area (Å²) < 4.78 is 5.02. The predicted molar refractivity (Wildman–Crippen MR) is 85.7 cm³/mol. The van der Waals surface area contributed by atoms with Crippen LogP contribution in [0.3, 0.4) is 0 Å². The quantitative estimate of drug-likeness (QED) is 0.891. The molecule has 1 atom stereocenters. The number of hydrogen-bond acceptors (Lipinski definition) is 3. The number of nitrogens with two attached hydrogens (primary N) is 1. The molecular weight excluding hydrogens is 288 g/mol. The lowest BCUT2D eigenvalue weighted by atomic mass is 9.99. The highest BCUT2D eigenvalue weighted by molar-refractivity contribution is 5.91. The number of carbonyl (C=O) groups is 1. The van der Waals surface area contributed by atoms with Crippen LogP contribution >= 0.6 is 12.4 Å². The van der Waals surface area contributed by atoms with Gasteiger partial charge in [-0.2, -0.15) is 0 Å². The van der Waals surface area contributed by atoms with Gasteiger partial charge in [0.2, 0.25) is 0 Å². The number of furan rings is 1. The van der Waals surface area contributed by atoms with Gasteiger partial charge < -0.3 is 15.5 Å². The summed E-state index contributed by atoms with van der Waals surface area (Å²) in [5.74, 6) is 0.551. The van der Waals surface area contributed by atoms with E-state index in [0.717, 1.165) is 5.56 Å². The van der Waals surface area contributed by atoms with Crippen molar-refractivity contribution in [1.82, 2.24) is 5.32 Å². The van der Waals surface area contributed by atoms with Gasteiger partial charge in [0.25, 0.3) is 5.91 Å². The Morgan fingerprint density at radius 2 is 1.81 bits per heavy atom. The largest absolute Gasteiger partial charge is 0.459 e. The Morgan fingerprint density at radius 3 is 2.33 bits per heavy atom. The summed E-state index contributed by atoms with van der Waals surface area (Å²) in [6, 6.07) is 11.3. The van der Waals surface area contributed by atoms with Gasteiger partial charge in [-0.25, -0.2) is 0 Å². The van der Waals surface area contributed by atoms with Crippen molar-refractivity contribution in [3.8, 4) is 0 Å². The monoisotopic (exact) mass is 308 g/mol. The molecule has 4 nitrogen and oxygen atoms in total. The average molecular weight is 309 g/mol. The molecule has 0 aliphatic carbocycles. The summed E-state index contributed by atoms with van der Waals surface area (Å²) >= 11 is 0. The molecule has 0 saturated carbocycles. The number of hydrogen-bond donors (Lipinski definition) is 2. The maximum Gasteiger partial charge on any atom is 0.287 e. The molecule has 0 saturated heterocycles. The lowest BCUT2D eigenvalue weighted by Gasteiger charge is -2.14. The fraction of sp³-hybridized carbons (Fsp3) is 0.312. The SMILES string of the molecule is CC(C)c1ccc(C(N)CNC(=O)c2ccco2)cc1.Cl. The first-order valence-electron chi connectivity index (χ1n) is 6.75. The van der Waals surface area contributed by atoms with Crippen molar-refractivity contribution < 1.29 is 9.21 Å².